The molecule has 1 unspecified atom stereocenters. The summed E-state index contributed by atoms with van der Waals surface area (Å²) in [5.74, 6) is -7.53. The number of nitrogens with one attached hydrogen (secondary N) is 4. The summed E-state index contributed by atoms with van der Waals surface area (Å²) in [7, 11) is 0. The van der Waals surface area contributed by atoms with Gasteiger partial charge in [0.25, 0.3) is 0 Å². The van der Waals surface area contributed by atoms with Crippen molar-refractivity contribution in [2.24, 2.45) is 5.73 Å². The van der Waals surface area contributed by atoms with Crippen LogP contribution in [0.1, 0.15) is 52.9 Å². The topological polar surface area (TPSA) is 333 Å². The number of carbonyl (C=O) groups excluding carboxylic acids is 4. The fourth-order valence-corrected chi connectivity index (χ4v) is 4.35. The number of nitrogens with two attached hydrogens (primary N) is 1. The van der Waals surface area contributed by atoms with Crippen LogP contribution in [0.25, 0.3) is 0 Å². The van der Waals surface area contributed by atoms with Gasteiger partial charge in [0.15, 0.2) is 6.29 Å². The Kier molecular flexibility index (Phi) is 16.5. The van der Waals surface area contributed by atoms with Gasteiger partial charge in [-0.15, -0.1) is 0 Å². The molecule has 12 N–H and O–H groups in total. The molecule has 1 fully saturated rings. The Morgan fingerprint density at radius 2 is 1.43 bits per heavy atom. The number of hydrogen-bond acceptors (Lipinski definition) is 13. The third kappa shape index (κ3) is 12.8. The summed E-state index contributed by atoms with van der Waals surface area (Å²) in [5.41, 5.74) is 5.37. The molecular formula is C26H43N5O15. The van der Waals surface area contributed by atoms with Gasteiger partial charge in [0, 0.05) is 13.3 Å². The lowest BCUT2D eigenvalue weighted by Crippen LogP contribution is -2.65. The highest BCUT2D eigenvalue weighted by Crippen LogP contribution is 2.23. The van der Waals surface area contributed by atoms with Crippen molar-refractivity contribution < 1.29 is 73.7 Å². The van der Waals surface area contributed by atoms with E-state index in [1.165, 1.54) is 13.8 Å². The van der Waals surface area contributed by atoms with Crippen LogP contribution in [0.15, 0.2) is 0 Å². The molecule has 0 aromatic rings. The summed E-state index contributed by atoms with van der Waals surface area (Å²) in [6, 6.07) is -6.88. The maximum atomic E-state index is 12.8. The number of aliphatic carboxylic acids is 3. The van der Waals surface area contributed by atoms with Crippen LogP contribution in [0.4, 0.5) is 0 Å². The summed E-state index contributed by atoms with van der Waals surface area (Å²) in [5, 5.41) is 66.8. The molecular weight excluding hydrogens is 622 g/mol. The molecule has 0 bridgehead atoms. The van der Waals surface area contributed by atoms with Gasteiger partial charge in [0.05, 0.1) is 6.61 Å². The number of carbonyl (C=O) groups is 7. The second kappa shape index (κ2) is 18.9. The summed E-state index contributed by atoms with van der Waals surface area (Å²) in [6.07, 6.45) is -8.50. The first-order valence-corrected chi connectivity index (χ1v) is 14.3. The van der Waals surface area contributed by atoms with E-state index in [1.54, 1.807) is 0 Å². The molecule has 20 heteroatoms. The Labute approximate surface area is 263 Å². The second-order valence-corrected chi connectivity index (χ2v) is 10.7. The summed E-state index contributed by atoms with van der Waals surface area (Å²) >= 11 is 0. The van der Waals surface area contributed by atoms with Crippen molar-refractivity contribution >= 4 is 41.5 Å². The lowest BCUT2D eigenvalue weighted by molar-refractivity contribution is -0.266. The van der Waals surface area contributed by atoms with E-state index in [9.17, 15) is 59.1 Å². The third-order valence-electron chi connectivity index (χ3n) is 6.96. The first-order valence-electron chi connectivity index (χ1n) is 14.3. The van der Waals surface area contributed by atoms with Gasteiger partial charge >= 0.3 is 17.9 Å². The van der Waals surface area contributed by atoms with Crippen LogP contribution in [-0.2, 0) is 43.0 Å². The van der Waals surface area contributed by atoms with E-state index in [1.807, 2.05) is 0 Å². The molecule has 0 aliphatic carbocycles. The predicted molar refractivity (Wildman–Crippen MR) is 151 cm³/mol. The molecule has 4 amide bonds. The normalized spacial score (nSPS) is 24.3. The van der Waals surface area contributed by atoms with Crippen molar-refractivity contribution in [3.8, 4) is 0 Å². The Morgan fingerprint density at radius 3 is 1.96 bits per heavy atom. The average Bonchev–Trinajstić information content (AvgIpc) is 2.96. The lowest BCUT2D eigenvalue weighted by atomic mass is 9.96. The molecule has 1 heterocycles. The van der Waals surface area contributed by atoms with Crippen molar-refractivity contribution in [3.05, 3.63) is 0 Å². The molecule has 1 rings (SSSR count). The number of carboxylic acids is 3. The first kappa shape index (κ1) is 40.1. The van der Waals surface area contributed by atoms with Crippen LogP contribution < -0.4 is 27.0 Å². The molecule has 20 nitrogen and oxygen atoms in total. The van der Waals surface area contributed by atoms with E-state index in [0.717, 1.165) is 6.92 Å². The Balaban J connectivity index is 2.73. The molecule has 0 saturated carbocycles. The SMILES string of the molecule is CC(=O)N[C@@H]1[C@@H](OC(C)C(=O)N[C@@H](C)C(=O)N[C@H](CCC(=O)N[C@@H](CCC[C@@H](N)C(=O)O)C(=O)O)C(=O)O)[C@H](O)[C@@H](CO)O[C@H]1O. The van der Waals surface area contributed by atoms with E-state index in [2.05, 4.69) is 21.3 Å². The minimum absolute atomic E-state index is 0.0376. The number of carboxylic acid groups (broad SMARTS) is 3. The van der Waals surface area contributed by atoms with Crippen molar-refractivity contribution in [1.29, 1.82) is 0 Å². The minimum atomic E-state index is -1.71. The van der Waals surface area contributed by atoms with E-state index >= 15 is 0 Å². The van der Waals surface area contributed by atoms with Crippen LogP contribution >= 0.6 is 0 Å². The molecule has 46 heavy (non-hydrogen) atoms. The van der Waals surface area contributed by atoms with Gasteiger partial charge < -0.3 is 67.1 Å². The molecule has 1 aliphatic rings. The summed E-state index contributed by atoms with van der Waals surface area (Å²) in [6.45, 7) is 2.85. The van der Waals surface area contributed by atoms with Gasteiger partial charge in [-0.2, -0.15) is 0 Å². The van der Waals surface area contributed by atoms with Crippen LogP contribution in [0, 0.1) is 0 Å². The zero-order valence-electron chi connectivity index (χ0n) is 25.5. The fourth-order valence-electron chi connectivity index (χ4n) is 4.35. The number of rotatable bonds is 19. The largest absolute Gasteiger partial charge is 0.480 e. The predicted octanol–water partition coefficient (Wildman–Crippen LogP) is -4.66. The average molecular weight is 666 g/mol. The standard InChI is InChI=1S/C26H43N5O15/c1-10(28-22(37)11(2)45-20-18(29-12(3)33)26(44)46-16(9-32)19(20)35)21(36)31-15(25(42)43)7-8-17(34)30-14(24(40)41)6-4-5-13(27)23(38)39/h10-11,13-16,18-20,26,32,35,44H,4-9,27H2,1-3H3,(H,28,37)(H,29,33)(H,30,34)(H,31,36)(H,38,39)(H,40,41)(H,42,43)/t10-,11?,13+,14-,15+,16+,18+,19+,20+,26+/m0/s1. The smallest absolute Gasteiger partial charge is 0.326 e. The van der Waals surface area contributed by atoms with Gasteiger partial charge in [0.2, 0.25) is 23.6 Å². The molecule has 10 atom stereocenters. The first-order chi connectivity index (χ1) is 21.4. The summed E-state index contributed by atoms with van der Waals surface area (Å²) < 4.78 is 10.6. The lowest BCUT2D eigenvalue weighted by Gasteiger charge is -2.43. The number of aliphatic hydroxyl groups excluding tert-OH is 3. The van der Waals surface area contributed by atoms with Crippen LogP contribution in [0.5, 0.6) is 0 Å². The van der Waals surface area contributed by atoms with Gasteiger partial charge in [-0.25, -0.2) is 9.59 Å². The highest BCUT2D eigenvalue weighted by atomic mass is 16.6. The van der Waals surface area contributed by atoms with Gasteiger partial charge in [0.1, 0.15) is 54.6 Å². The maximum absolute atomic E-state index is 12.8. The van der Waals surface area contributed by atoms with Gasteiger partial charge in [-0.3, -0.25) is 24.0 Å². The van der Waals surface area contributed by atoms with E-state index in [0.29, 0.717) is 0 Å². The Morgan fingerprint density at radius 1 is 0.848 bits per heavy atom. The van der Waals surface area contributed by atoms with E-state index < -0.39 is 122 Å². The van der Waals surface area contributed by atoms with Crippen molar-refractivity contribution in [3.63, 3.8) is 0 Å². The van der Waals surface area contributed by atoms with Crippen molar-refractivity contribution in [2.45, 2.75) is 114 Å². The molecule has 0 aromatic heterocycles. The zero-order valence-corrected chi connectivity index (χ0v) is 25.5. The maximum Gasteiger partial charge on any atom is 0.326 e. The number of ether oxygens (including phenoxy) is 2. The fraction of sp³-hybridized carbons (Fsp3) is 0.731. The monoisotopic (exact) mass is 665 g/mol. The molecule has 262 valence electrons. The van der Waals surface area contributed by atoms with Crippen LogP contribution in [0.3, 0.4) is 0 Å². The van der Waals surface area contributed by atoms with Crippen LogP contribution in [-0.4, -0.2) is 140 Å². The van der Waals surface area contributed by atoms with E-state index in [-0.39, 0.29) is 19.3 Å². The quantitative estimate of drug-likeness (QED) is 0.0617. The molecule has 0 aromatic carbocycles. The Hall–Kier alpha value is -3.95. The molecule has 1 aliphatic heterocycles. The zero-order chi connectivity index (χ0) is 35.3. The summed E-state index contributed by atoms with van der Waals surface area (Å²) in [4.78, 5) is 83.3. The van der Waals surface area contributed by atoms with Crippen molar-refractivity contribution in [1.82, 2.24) is 21.3 Å². The highest BCUT2D eigenvalue weighted by Gasteiger charge is 2.47. The molecule has 0 spiro atoms. The second-order valence-electron chi connectivity index (χ2n) is 10.7. The molecule has 0 radical (unpaired) electrons. The molecule has 1 saturated heterocycles. The minimum Gasteiger partial charge on any atom is -0.480 e. The number of hydrogen-bond donors (Lipinski definition) is 11. The Bertz CT molecular complexity index is 1110. The van der Waals surface area contributed by atoms with Gasteiger partial charge in [-0.1, -0.05) is 0 Å². The highest BCUT2D eigenvalue weighted by molar-refractivity contribution is 5.91. The van der Waals surface area contributed by atoms with Crippen LogP contribution in [0.2, 0.25) is 0 Å². The third-order valence-corrected chi connectivity index (χ3v) is 6.96. The number of amides is 4. The van der Waals surface area contributed by atoms with Crippen molar-refractivity contribution in [2.75, 3.05) is 6.61 Å². The van der Waals surface area contributed by atoms with Gasteiger partial charge in [-0.05, 0) is 39.5 Å². The number of aliphatic hydroxyl groups is 3. The van der Waals surface area contributed by atoms with E-state index in [4.69, 9.17) is 20.3 Å².